The molecular weight excluding hydrogens is 386 g/mol. The zero-order valence-corrected chi connectivity index (χ0v) is 20.8. The van der Waals surface area contributed by atoms with Crippen LogP contribution in [0, 0.1) is 5.92 Å². The molecule has 0 aromatic carbocycles. The van der Waals surface area contributed by atoms with Gasteiger partial charge in [0, 0.05) is 19.5 Å². The van der Waals surface area contributed by atoms with Gasteiger partial charge in [-0.15, -0.1) is 0 Å². The summed E-state index contributed by atoms with van der Waals surface area (Å²) in [5.74, 6) is -0.305. The van der Waals surface area contributed by atoms with Gasteiger partial charge in [-0.1, -0.05) is 117 Å². The highest BCUT2D eigenvalue weighted by Gasteiger charge is 2.34. The molecule has 1 unspecified atom stereocenters. The monoisotopic (exact) mass is 437 g/mol. The molecule has 0 aromatic rings. The normalized spacial score (nSPS) is 16.3. The lowest BCUT2D eigenvalue weighted by atomic mass is 10.0. The molecule has 0 aliphatic carbocycles. The molecule has 1 heterocycles. The Kier molecular flexibility index (Phi) is 17.7. The molecule has 1 saturated heterocycles. The van der Waals surface area contributed by atoms with E-state index in [1.165, 1.54) is 96.3 Å². The SMILES string of the molecule is CCCCCCCCCCCCCCCCCCN1CC(C(=O)OCCCC)CC1=O. The third-order valence-electron chi connectivity index (χ3n) is 6.57. The van der Waals surface area contributed by atoms with Crippen molar-refractivity contribution >= 4 is 11.9 Å². The summed E-state index contributed by atoms with van der Waals surface area (Å²) < 4.78 is 5.28. The second kappa shape index (κ2) is 19.6. The molecule has 0 N–H and O–H groups in total. The van der Waals surface area contributed by atoms with Crippen LogP contribution in [0.15, 0.2) is 0 Å². The van der Waals surface area contributed by atoms with Crippen LogP contribution in [0.25, 0.3) is 0 Å². The number of likely N-dealkylation sites (tertiary alicyclic amines) is 1. The molecule has 1 aliphatic rings. The van der Waals surface area contributed by atoms with Gasteiger partial charge in [0.15, 0.2) is 0 Å². The van der Waals surface area contributed by atoms with Crippen molar-refractivity contribution in [3.05, 3.63) is 0 Å². The standard InChI is InChI=1S/C27H51NO3/c1-3-5-7-8-9-10-11-12-13-14-15-16-17-18-19-20-21-28-24-25(23-26(28)29)27(30)31-22-6-4-2/h25H,3-24H2,1-2H3. The van der Waals surface area contributed by atoms with Crippen LogP contribution >= 0.6 is 0 Å². The summed E-state index contributed by atoms with van der Waals surface area (Å²) in [7, 11) is 0. The van der Waals surface area contributed by atoms with Crippen molar-refractivity contribution in [3.8, 4) is 0 Å². The third-order valence-corrected chi connectivity index (χ3v) is 6.57. The van der Waals surface area contributed by atoms with Crippen LogP contribution in [0.1, 0.15) is 136 Å². The third kappa shape index (κ3) is 14.6. The van der Waals surface area contributed by atoms with Crippen LogP contribution < -0.4 is 0 Å². The Morgan fingerprint density at radius 1 is 0.742 bits per heavy atom. The number of unbranched alkanes of at least 4 members (excludes halogenated alkanes) is 16. The van der Waals surface area contributed by atoms with Crippen LogP contribution in [0.3, 0.4) is 0 Å². The molecule has 0 radical (unpaired) electrons. The maximum Gasteiger partial charge on any atom is 0.311 e. The molecule has 1 atom stereocenters. The minimum atomic E-state index is -0.245. The van der Waals surface area contributed by atoms with Crippen molar-refractivity contribution < 1.29 is 14.3 Å². The number of hydrogen-bond donors (Lipinski definition) is 0. The summed E-state index contributed by atoms with van der Waals surface area (Å²) in [6.07, 6.45) is 24.0. The Labute approximate surface area is 192 Å². The summed E-state index contributed by atoms with van der Waals surface area (Å²) >= 11 is 0. The Hall–Kier alpha value is -1.06. The van der Waals surface area contributed by atoms with Crippen molar-refractivity contribution in [1.29, 1.82) is 0 Å². The van der Waals surface area contributed by atoms with Gasteiger partial charge in [0.05, 0.1) is 12.5 Å². The van der Waals surface area contributed by atoms with E-state index in [0.29, 0.717) is 19.6 Å². The van der Waals surface area contributed by atoms with E-state index in [0.717, 1.165) is 25.8 Å². The molecule has 182 valence electrons. The van der Waals surface area contributed by atoms with Crippen molar-refractivity contribution in [1.82, 2.24) is 4.90 Å². The Morgan fingerprint density at radius 2 is 1.19 bits per heavy atom. The van der Waals surface area contributed by atoms with Gasteiger partial charge in [0.25, 0.3) is 0 Å². The first-order valence-corrected chi connectivity index (χ1v) is 13.6. The fourth-order valence-corrected chi connectivity index (χ4v) is 4.43. The summed E-state index contributed by atoms with van der Waals surface area (Å²) in [5.41, 5.74) is 0. The molecule has 0 saturated carbocycles. The molecule has 4 nitrogen and oxygen atoms in total. The number of nitrogens with zero attached hydrogens (tertiary/aromatic N) is 1. The first kappa shape index (κ1) is 28.0. The fraction of sp³-hybridized carbons (Fsp3) is 0.926. The molecular formula is C27H51NO3. The summed E-state index contributed by atoms with van der Waals surface area (Å²) in [4.78, 5) is 26.0. The highest BCUT2D eigenvalue weighted by Crippen LogP contribution is 2.20. The number of carbonyl (C=O) groups is 2. The number of rotatable bonds is 21. The van der Waals surface area contributed by atoms with E-state index in [9.17, 15) is 9.59 Å². The largest absolute Gasteiger partial charge is 0.465 e. The Balaban J connectivity index is 1.87. The van der Waals surface area contributed by atoms with Crippen molar-refractivity contribution in [3.63, 3.8) is 0 Å². The van der Waals surface area contributed by atoms with Crippen molar-refractivity contribution in [2.45, 2.75) is 136 Å². The molecule has 0 bridgehead atoms. The average molecular weight is 438 g/mol. The van der Waals surface area contributed by atoms with E-state index >= 15 is 0 Å². The predicted molar refractivity (Wildman–Crippen MR) is 130 cm³/mol. The number of amides is 1. The van der Waals surface area contributed by atoms with E-state index in [4.69, 9.17) is 4.74 Å². The molecule has 1 amide bonds. The van der Waals surface area contributed by atoms with Gasteiger partial charge in [-0.25, -0.2) is 0 Å². The highest BCUT2D eigenvalue weighted by atomic mass is 16.5. The minimum absolute atomic E-state index is 0.124. The number of carbonyl (C=O) groups excluding carboxylic acids is 2. The van der Waals surface area contributed by atoms with Crippen LogP contribution in [0.2, 0.25) is 0 Å². The van der Waals surface area contributed by atoms with Gasteiger partial charge in [-0.2, -0.15) is 0 Å². The van der Waals surface area contributed by atoms with Crippen molar-refractivity contribution in [2.24, 2.45) is 5.92 Å². The first-order chi connectivity index (χ1) is 15.2. The molecule has 4 heteroatoms. The zero-order valence-electron chi connectivity index (χ0n) is 20.8. The maximum absolute atomic E-state index is 12.1. The number of esters is 1. The number of ether oxygens (including phenoxy) is 1. The number of hydrogen-bond acceptors (Lipinski definition) is 3. The Morgan fingerprint density at radius 3 is 1.68 bits per heavy atom. The van der Waals surface area contributed by atoms with Crippen LogP contribution in [-0.4, -0.2) is 36.5 Å². The molecule has 31 heavy (non-hydrogen) atoms. The van der Waals surface area contributed by atoms with Gasteiger partial charge in [0.2, 0.25) is 5.91 Å². The topological polar surface area (TPSA) is 46.6 Å². The lowest BCUT2D eigenvalue weighted by Crippen LogP contribution is -2.27. The fourth-order valence-electron chi connectivity index (χ4n) is 4.43. The van der Waals surface area contributed by atoms with Crippen LogP contribution in [0.4, 0.5) is 0 Å². The van der Waals surface area contributed by atoms with Gasteiger partial charge < -0.3 is 9.64 Å². The summed E-state index contributed by atoms with van der Waals surface area (Å²) in [6, 6.07) is 0. The highest BCUT2D eigenvalue weighted by molar-refractivity contribution is 5.86. The van der Waals surface area contributed by atoms with E-state index in [1.807, 2.05) is 4.90 Å². The molecule has 0 spiro atoms. The molecule has 0 aromatic heterocycles. The van der Waals surface area contributed by atoms with Gasteiger partial charge in [-0.05, 0) is 12.8 Å². The summed E-state index contributed by atoms with van der Waals surface area (Å²) in [6.45, 7) is 6.20. The van der Waals surface area contributed by atoms with E-state index < -0.39 is 0 Å². The maximum atomic E-state index is 12.1. The first-order valence-electron chi connectivity index (χ1n) is 13.6. The smallest absolute Gasteiger partial charge is 0.311 e. The second-order valence-corrected chi connectivity index (χ2v) is 9.57. The lowest BCUT2D eigenvalue weighted by Gasteiger charge is -2.16. The molecule has 1 fully saturated rings. The Bertz CT molecular complexity index is 452. The van der Waals surface area contributed by atoms with Gasteiger partial charge in [-0.3, -0.25) is 9.59 Å². The van der Waals surface area contributed by atoms with E-state index in [2.05, 4.69) is 13.8 Å². The van der Waals surface area contributed by atoms with E-state index in [1.54, 1.807) is 0 Å². The summed E-state index contributed by atoms with van der Waals surface area (Å²) in [5, 5.41) is 0. The lowest BCUT2D eigenvalue weighted by molar-refractivity contribution is -0.148. The quantitative estimate of drug-likeness (QED) is 0.138. The molecule has 1 aliphatic heterocycles. The van der Waals surface area contributed by atoms with Crippen LogP contribution in [0.5, 0.6) is 0 Å². The zero-order chi connectivity index (χ0) is 22.6. The van der Waals surface area contributed by atoms with Gasteiger partial charge in [0.1, 0.15) is 0 Å². The van der Waals surface area contributed by atoms with Crippen molar-refractivity contribution in [2.75, 3.05) is 19.7 Å². The molecule has 1 rings (SSSR count). The minimum Gasteiger partial charge on any atom is -0.465 e. The second-order valence-electron chi connectivity index (χ2n) is 9.57. The predicted octanol–water partition coefficient (Wildman–Crippen LogP) is 7.44. The van der Waals surface area contributed by atoms with E-state index in [-0.39, 0.29) is 17.8 Å². The average Bonchev–Trinajstić information content (AvgIpc) is 3.14. The van der Waals surface area contributed by atoms with Gasteiger partial charge >= 0.3 is 5.97 Å². The van der Waals surface area contributed by atoms with Crippen LogP contribution in [-0.2, 0) is 14.3 Å².